The van der Waals surface area contributed by atoms with Gasteiger partial charge in [0.2, 0.25) is 0 Å². The van der Waals surface area contributed by atoms with Gasteiger partial charge in [-0.1, -0.05) is 104 Å². The predicted octanol–water partition coefficient (Wildman–Crippen LogP) is 8.85. The average Bonchev–Trinajstić information content (AvgIpc) is 2.95. The smallest absolute Gasteiger partial charge is 0.0603 e. The largest absolute Gasteiger partial charge is 0.354 e. The van der Waals surface area contributed by atoms with Crippen molar-refractivity contribution in [3.63, 3.8) is 0 Å². The minimum Gasteiger partial charge on any atom is -0.354 e. The maximum absolute atomic E-state index is 4.75. The minimum atomic E-state index is 0.965. The summed E-state index contributed by atoms with van der Waals surface area (Å²) < 4.78 is 4.60. The van der Waals surface area contributed by atoms with Crippen molar-refractivity contribution in [1.82, 2.24) is 9.13 Å². The van der Waals surface area contributed by atoms with E-state index in [9.17, 15) is 0 Å². The maximum Gasteiger partial charge on any atom is 0.0603 e. The van der Waals surface area contributed by atoms with Crippen LogP contribution < -0.4 is 10.7 Å². The summed E-state index contributed by atoms with van der Waals surface area (Å²) in [5, 5.41) is 2.25. The minimum absolute atomic E-state index is 0.965. The fourth-order valence-electron chi connectivity index (χ4n) is 4.90. The molecule has 0 aliphatic rings. The Labute approximate surface area is 234 Å². The van der Waals surface area contributed by atoms with Gasteiger partial charge >= 0.3 is 0 Å². The van der Waals surface area contributed by atoms with E-state index in [0.29, 0.717) is 0 Å². The van der Waals surface area contributed by atoms with E-state index in [0.717, 1.165) is 36.9 Å². The predicted molar refractivity (Wildman–Crippen MR) is 164 cm³/mol. The van der Waals surface area contributed by atoms with Crippen LogP contribution in [0.2, 0.25) is 0 Å². The molecule has 2 aromatic heterocycles. The van der Waals surface area contributed by atoms with Gasteiger partial charge in [-0.05, 0) is 49.9 Å². The van der Waals surface area contributed by atoms with Crippen LogP contribution in [0.3, 0.4) is 0 Å². The van der Waals surface area contributed by atoms with Crippen LogP contribution in [0.25, 0.3) is 0 Å². The van der Waals surface area contributed by atoms with Crippen LogP contribution in [0.1, 0.15) is 129 Å². The fourth-order valence-corrected chi connectivity index (χ4v) is 4.90. The molecule has 0 fully saturated rings. The van der Waals surface area contributed by atoms with Crippen molar-refractivity contribution in [3.8, 4) is 0 Å². The molecule has 0 bridgehead atoms. The monoisotopic (exact) mass is 522 g/mol. The van der Waals surface area contributed by atoms with Crippen LogP contribution in [0.15, 0.2) is 59.0 Å². The van der Waals surface area contributed by atoms with Crippen molar-refractivity contribution in [1.29, 1.82) is 0 Å². The van der Waals surface area contributed by atoms with Gasteiger partial charge in [-0.3, -0.25) is 9.98 Å². The molecule has 0 amide bonds. The van der Waals surface area contributed by atoms with Crippen LogP contribution in [0.4, 0.5) is 0 Å². The second kappa shape index (κ2) is 22.8. The van der Waals surface area contributed by atoms with Gasteiger partial charge in [0.15, 0.2) is 0 Å². The lowest BCUT2D eigenvalue weighted by Gasteiger charge is -2.08. The standard InChI is InChI=1S/C34H58N4/c1-3-5-7-9-11-13-17-25-35-33-21-29-37(30-22-33)27-19-15-16-20-28-38-31-23-34(24-32-38)36-26-18-14-12-10-8-6-4-2/h21-24,29-32H,3-20,25-28H2,1-2H3. The highest BCUT2D eigenvalue weighted by atomic mass is 14.9. The van der Waals surface area contributed by atoms with Gasteiger partial charge in [0.05, 0.1) is 10.7 Å². The molecular weight excluding hydrogens is 464 g/mol. The number of nitrogens with zero attached hydrogens (tertiary/aromatic N) is 4. The van der Waals surface area contributed by atoms with Gasteiger partial charge in [0.25, 0.3) is 0 Å². The average molecular weight is 523 g/mol. The molecule has 214 valence electrons. The van der Waals surface area contributed by atoms with Gasteiger partial charge in [-0.2, -0.15) is 0 Å². The highest BCUT2D eigenvalue weighted by Gasteiger charge is 1.95. The van der Waals surface area contributed by atoms with E-state index >= 15 is 0 Å². The Hall–Kier alpha value is -2.10. The molecule has 0 spiro atoms. The topological polar surface area (TPSA) is 34.6 Å². The third-order valence-corrected chi connectivity index (χ3v) is 7.44. The van der Waals surface area contributed by atoms with Crippen molar-refractivity contribution in [3.05, 3.63) is 59.8 Å². The van der Waals surface area contributed by atoms with Crippen LogP contribution in [0, 0.1) is 0 Å². The Morgan fingerprint density at radius 3 is 1.11 bits per heavy atom. The first kappa shape index (κ1) is 32.1. The molecule has 0 aromatic carbocycles. The highest BCUT2D eigenvalue weighted by Crippen LogP contribution is 2.08. The summed E-state index contributed by atoms with van der Waals surface area (Å²) >= 11 is 0. The zero-order valence-corrected chi connectivity index (χ0v) is 25.0. The lowest BCUT2D eigenvalue weighted by Crippen LogP contribution is -2.07. The quantitative estimate of drug-likeness (QED) is 0.131. The van der Waals surface area contributed by atoms with Crippen LogP contribution in [0.5, 0.6) is 0 Å². The molecule has 0 aliphatic carbocycles. The second-order valence-electron chi connectivity index (χ2n) is 11.0. The first-order valence-corrected chi connectivity index (χ1v) is 16.1. The molecule has 2 aromatic rings. The normalized spacial score (nSPS) is 11.1. The molecule has 0 radical (unpaired) electrons. The molecule has 0 aliphatic heterocycles. The number of hydrogen-bond donors (Lipinski definition) is 0. The molecule has 0 unspecified atom stereocenters. The molecular formula is C34H58N4. The number of hydrogen-bond acceptors (Lipinski definition) is 2. The third-order valence-electron chi connectivity index (χ3n) is 7.44. The Morgan fingerprint density at radius 2 is 0.737 bits per heavy atom. The molecule has 0 atom stereocenters. The Morgan fingerprint density at radius 1 is 0.421 bits per heavy atom. The maximum atomic E-state index is 4.75. The first-order chi connectivity index (χ1) is 18.8. The number of unbranched alkanes of at least 4 members (excludes halogenated alkanes) is 15. The molecule has 2 heterocycles. The van der Waals surface area contributed by atoms with Gasteiger partial charge < -0.3 is 9.13 Å². The van der Waals surface area contributed by atoms with E-state index in [4.69, 9.17) is 9.98 Å². The summed E-state index contributed by atoms with van der Waals surface area (Å²) in [5.41, 5.74) is 0. The summed E-state index contributed by atoms with van der Waals surface area (Å²) in [6, 6.07) is 8.68. The molecule has 2 rings (SSSR count). The van der Waals surface area contributed by atoms with Crippen LogP contribution >= 0.6 is 0 Å². The summed E-state index contributed by atoms with van der Waals surface area (Å²) in [6.45, 7) is 8.68. The molecule has 0 N–H and O–H groups in total. The van der Waals surface area contributed by atoms with Gasteiger partial charge in [-0.15, -0.1) is 0 Å². The molecule has 38 heavy (non-hydrogen) atoms. The van der Waals surface area contributed by atoms with Crippen molar-refractivity contribution in [2.45, 2.75) is 143 Å². The van der Waals surface area contributed by atoms with Crippen LogP contribution in [-0.4, -0.2) is 22.2 Å². The summed E-state index contributed by atoms with van der Waals surface area (Å²) in [4.78, 5) is 9.50. The van der Waals surface area contributed by atoms with Crippen molar-refractivity contribution in [2.75, 3.05) is 13.1 Å². The number of aromatic nitrogens is 2. The number of aryl methyl sites for hydroxylation is 2. The van der Waals surface area contributed by atoms with Crippen molar-refractivity contribution >= 4 is 0 Å². The molecule has 0 saturated heterocycles. The third kappa shape index (κ3) is 16.7. The molecule has 4 heteroatoms. The molecule has 0 saturated carbocycles. The number of pyridine rings is 2. The zero-order valence-electron chi connectivity index (χ0n) is 25.0. The first-order valence-electron chi connectivity index (χ1n) is 16.1. The van der Waals surface area contributed by atoms with E-state index in [2.05, 4.69) is 72.0 Å². The van der Waals surface area contributed by atoms with E-state index in [1.807, 2.05) is 0 Å². The van der Waals surface area contributed by atoms with E-state index in [1.165, 1.54) is 116 Å². The van der Waals surface area contributed by atoms with Crippen molar-refractivity contribution in [2.24, 2.45) is 9.98 Å². The lowest BCUT2D eigenvalue weighted by atomic mass is 10.1. The van der Waals surface area contributed by atoms with E-state index in [-0.39, 0.29) is 0 Å². The highest BCUT2D eigenvalue weighted by molar-refractivity contribution is 4.94. The van der Waals surface area contributed by atoms with E-state index in [1.54, 1.807) is 0 Å². The van der Waals surface area contributed by atoms with Crippen molar-refractivity contribution < 1.29 is 0 Å². The Kier molecular flexibility index (Phi) is 19.3. The SMILES string of the molecule is CCCCCCCCCN=c1ccn(CCCCCCn2ccc(=NCCCCCCCCC)cc2)cc1. The van der Waals surface area contributed by atoms with Gasteiger partial charge in [-0.25, -0.2) is 0 Å². The fraction of sp³-hybridized carbons (Fsp3) is 0.706. The van der Waals surface area contributed by atoms with Gasteiger partial charge in [0, 0.05) is 51.0 Å². The number of rotatable bonds is 23. The summed E-state index contributed by atoms with van der Waals surface area (Å²) in [6.07, 6.45) is 32.6. The lowest BCUT2D eigenvalue weighted by molar-refractivity contribution is 0.537. The second-order valence-corrected chi connectivity index (χ2v) is 11.0. The summed E-state index contributed by atoms with van der Waals surface area (Å²) in [5.74, 6) is 0. The van der Waals surface area contributed by atoms with E-state index < -0.39 is 0 Å². The zero-order chi connectivity index (χ0) is 26.9. The Bertz CT molecular complexity index is 821. The molecule has 4 nitrogen and oxygen atoms in total. The van der Waals surface area contributed by atoms with Crippen LogP contribution in [-0.2, 0) is 13.1 Å². The van der Waals surface area contributed by atoms with Gasteiger partial charge in [0.1, 0.15) is 0 Å². The summed E-state index contributed by atoms with van der Waals surface area (Å²) in [7, 11) is 0. The Balaban J connectivity index is 1.50.